The molecule has 3 nitrogen and oxygen atoms in total. The van der Waals surface area contributed by atoms with E-state index in [1.165, 1.54) is 19.3 Å². The molecule has 1 aromatic heterocycles. The fourth-order valence-corrected chi connectivity index (χ4v) is 2.24. The van der Waals surface area contributed by atoms with Gasteiger partial charge in [0, 0.05) is 24.8 Å². The number of nitrogens with two attached hydrogens (primary N) is 1. The van der Waals surface area contributed by atoms with E-state index >= 15 is 0 Å². The molecule has 0 aliphatic heterocycles. The lowest BCUT2D eigenvalue weighted by molar-refractivity contribution is 0.318. The number of aromatic nitrogens is 1. The van der Waals surface area contributed by atoms with Crippen LogP contribution in [0.2, 0.25) is 0 Å². The molecule has 0 bridgehead atoms. The lowest BCUT2D eigenvalue weighted by Gasteiger charge is -2.32. The van der Waals surface area contributed by atoms with Gasteiger partial charge in [0.2, 0.25) is 0 Å². The van der Waals surface area contributed by atoms with E-state index in [0.29, 0.717) is 4.99 Å². The molecular weight excluding hydrogens is 230 g/mol. The molecule has 0 amide bonds. The number of pyridine rings is 1. The number of rotatable bonds is 5. The van der Waals surface area contributed by atoms with Crippen molar-refractivity contribution >= 4 is 23.0 Å². The summed E-state index contributed by atoms with van der Waals surface area (Å²) in [5, 5.41) is 0. The molecule has 4 heteroatoms. The molecule has 1 saturated carbocycles. The van der Waals surface area contributed by atoms with E-state index in [9.17, 15) is 0 Å². The lowest BCUT2D eigenvalue weighted by atomic mass is 9.85. The summed E-state index contributed by atoms with van der Waals surface area (Å²) in [6.07, 6.45) is 5.87. The van der Waals surface area contributed by atoms with Gasteiger partial charge in [-0.05, 0) is 37.8 Å². The Kier molecular flexibility index (Phi) is 3.94. The molecule has 0 spiro atoms. The molecule has 0 atom stereocenters. The largest absolute Gasteiger partial charge is 0.389 e. The van der Waals surface area contributed by atoms with Gasteiger partial charge in [0.25, 0.3) is 0 Å². The average molecular weight is 249 g/mol. The Morgan fingerprint density at radius 2 is 2.35 bits per heavy atom. The second-order valence-electron chi connectivity index (χ2n) is 4.60. The first kappa shape index (κ1) is 12.3. The highest BCUT2D eigenvalue weighted by molar-refractivity contribution is 7.80. The van der Waals surface area contributed by atoms with Crippen LogP contribution in [0.15, 0.2) is 18.3 Å². The van der Waals surface area contributed by atoms with Crippen LogP contribution in [0.1, 0.15) is 31.7 Å². The zero-order valence-corrected chi connectivity index (χ0v) is 11.0. The number of thiocarbonyl (C=S) groups is 1. The van der Waals surface area contributed by atoms with Crippen LogP contribution < -0.4 is 10.6 Å². The molecule has 2 N–H and O–H groups in total. The van der Waals surface area contributed by atoms with Crippen molar-refractivity contribution in [1.82, 2.24) is 4.98 Å². The normalized spacial score (nSPS) is 15.4. The third-order valence-electron chi connectivity index (χ3n) is 3.44. The first-order valence-corrected chi connectivity index (χ1v) is 6.62. The Labute approximate surface area is 108 Å². The van der Waals surface area contributed by atoms with Crippen LogP contribution in [0.25, 0.3) is 0 Å². The number of hydrogen-bond acceptors (Lipinski definition) is 3. The van der Waals surface area contributed by atoms with Gasteiger partial charge in [-0.15, -0.1) is 0 Å². The fraction of sp³-hybridized carbons (Fsp3) is 0.538. The molecule has 1 aliphatic carbocycles. The SMILES string of the molecule is CCN(CC1CCC1)c1cc(C(N)=S)ccn1. The Balaban J connectivity index is 2.11. The molecule has 1 fully saturated rings. The molecule has 0 radical (unpaired) electrons. The van der Waals surface area contributed by atoms with Crippen LogP contribution >= 0.6 is 12.2 Å². The highest BCUT2D eigenvalue weighted by Crippen LogP contribution is 2.28. The van der Waals surface area contributed by atoms with Gasteiger partial charge in [-0.25, -0.2) is 4.98 Å². The van der Waals surface area contributed by atoms with Crippen molar-refractivity contribution in [3.8, 4) is 0 Å². The molecule has 0 unspecified atom stereocenters. The van der Waals surface area contributed by atoms with Crippen LogP contribution in [-0.4, -0.2) is 23.1 Å². The maximum atomic E-state index is 5.65. The summed E-state index contributed by atoms with van der Waals surface area (Å²) < 4.78 is 0. The second kappa shape index (κ2) is 5.45. The molecule has 1 aliphatic rings. The van der Waals surface area contributed by atoms with E-state index in [1.54, 1.807) is 6.20 Å². The van der Waals surface area contributed by atoms with Crippen LogP contribution in [0, 0.1) is 5.92 Å². The standard InChI is InChI=1S/C13H19N3S/c1-2-16(9-10-4-3-5-10)12-8-11(13(14)17)6-7-15-12/h6-8,10H,2-5,9H2,1H3,(H2,14,17). The van der Waals surface area contributed by atoms with Crippen molar-refractivity contribution in [2.45, 2.75) is 26.2 Å². The zero-order chi connectivity index (χ0) is 12.3. The zero-order valence-electron chi connectivity index (χ0n) is 10.2. The van der Waals surface area contributed by atoms with E-state index in [1.807, 2.05) is 12.1 Å². The molecule has 1 heterocycles. The summed E-state index contributed by atoms with van der Waals surface area (Å²) in [4.78, 5) is 7.16. The lowest BCUT2D eigenvalue weighted by Crippen LogP contribution is -2.33. The quantitative estimate of drug-likeness (QED) is 0.813. The van der Waals surface area contributed by atoms with E-state index in [2.05, 4.69) is 16.8 Å². The monoisotopic (exact) mass is 249 g/mol. The first-order valence-electron chi connectivity index (χ1n) is 6.21. The molecule has 17 heavy (non-hydrogen) atoms. The van der Waals surface area contributed by atoms with Crippen molar-refractivity contribution in [1.29, 1.82) is 0 Å². The summed E-state index contributed by atoms with van der Waals surface area (Å²) in [7, 11) is 0. The van der Waals surface area contributed by atoms with Crippen molar-refractivity contribution in [2.75, 3.05) is 18.0 Å². The highest BCUT2D eigenvalue weighted by atomic mass is 32.1. The number of hydrogen-bond donors (Lipinski definition) is 1. The van der Waals surface area contributed by atoms with Crippen molar-refractivity contribution in [2.24, 2.45) is 11.7 Å². The Bertz CT molecular complexity index is 401. The summed E-state index contributed by atoms with van der Waals surface area (Å²) >= 11 is 5.00. The Morgan fingerprint density at radius 3 is 2.88 bits per heavy atom. The van der Waals surface area contributed by atoms with Crippen LogP contribution in [0.3, 0.4) is 0 Å². The van der Waals surface area contributed by atoms with Gasteiger partial charge < -0.3 is 10.6 Å². The van der Waals surface area contributed by atoms with E-state index in [-0.39, 0.29) is 0 Å². The van der Waals surface area contributed by atoms with Crippen molar-refractivity contribution in [3.05, 3.63) is 23.9 Å². The number of anilines is 1. The third-order valence-corrected chi connectivity index (χ3v) is 3.67. The maximum absolute atomic E-state index is 5.65. The average Bonchev–Trinajstić information content (AvgIpc) is 2.28. The van der Waals surface area contributed by atoms with E-state index in [0.717, 1.165) is 30.4 Å². The highest BCUT2D eigenvalue weighted by Gasteiger charge is 2.20. The van der Waals surface area contributed by atoms with Gasteiger partial charge in [-0.1, -0.05) is 18.6 Å². The summed E-state index contributed by atoms with van der Waals surface area (Å²) in [6, 6.07) is 3.85. The van der Waals surface area contributed by atoms with Crippen LogP contribution in [-0.2, 0) is 0 Å². The Hall–Kier alpha value is -1.16. The molecule has 2 rings (SSSR count). The predicted octanol–water partition coefficient (Wildman–Crippen LogP) is 2.34. The minimum absolute atomic E-state index is 0.438. The molecular formula is C13H19N3S. The van der Waals surface area contributed by atoms with Gasteiger partial charge >= 0.3 is 0 Å². The van der Waals surface area contributed by atoms with Gasteiger partial charge in [0.05, 0.1) is 0 Å². The van der Waals surface area contributed by atoms with Crippen LogP contribution in [0.4, 0.5) is 5.82 Å². The van der Waals surface area contributed by atoms with Gasteiger partial charge in [0.1, 0.15) is 10.8 Å². The van der Waals surface area contributed by atoms with Gasteiger partial charge in [-0.3, -0.25) is 0 Å². The fourth-order valence-electron chi connectivity index (χ4n) is 2.12. The summed E-state index contributed by atoms with van der Waals surface area (Å²) in [6.45, 7) is 4.24. The summed E-state index contributed by atoms with van der Waals surface area (Å²) in [5.41, 5.74) is 6.55. The first-order chi connectivity index (χ1) is 8.20. The molecule has 0 aromatic carbocycles. The van der Waals surface area contributed by atoms with Crippen LogP contribution in [0.5, 0.6) is 0 Å². The maximum Gasteiger partial charge on any atom is 0.129 e. The van der Waals surface area contributed by atoms with Gasteiger partial charge in [0.15, 0.2) is 0 Å². The molecule has 1 aromatic rings. The van der Waals surface area contributed by atoms with Crippen molar-refractivity contribution in [3.63, 3.8) is 0 Å². The second-order valence-corrected chi connectivity index (χ2v) is 5.04. The predicted molar refractivity (Wildman–Crippen MR) is 75.4 cm³/mol. The topological polar surface area (TPSA) is 42.1 Å². The minimum Gasteiger partial charge on any atom is -0.389 e. The van der Waals surface area contributed by atoms with Gasteiger partial charge in [-0.2, -0.15) is 0 Å². The van der Waals surface area contributed by atoms with E-state index in [4.69, 9.17) is 18.0 Å². The number of nitrogens with zero attached hydrogens (tertiary/aromatic N) is 2. The third kappa shape index (κ3) is 2.94. The Morgan fingerprint density at radius 1 is 1.59 bits per heavy atom. The molecule has 0 saturated heterocycles. The van der Waals surface area contributed by atoms with E-state index < -0.39 is 0 Å². The summed E-state index contributed by atoms with van der Waals surface area (Å²) in [5.74, 6) is 1.83. The minimum atomic E-state index is 0.438. The smallest absolute Gasteiger partial charge is 0.129 e. The van der Waals surface area contributed by atoms with Crippen molar-refractivity contribution < 1.29 is 0 Å². The molecule has 92 valence electrons.